The van der Waals surface area contributed by atoms with Gasteiger partial charge in [-0.2, -0.15) is 5.10 Å². The zero-order valence-electron chi connectivity index (χ0n) is 13.8. The first kappa shape index (κ1) is 18.2. The number of carboxylic acid groups (broad SMARTS) is 1. The molecule has 4 N–H and O–H groups in total. The molecule has 0 aliphatic rings. The number of rotatable bonds is 8. The first-order valence-electron chi connectivity index (χ1n) is 7.93. The molecule has 25 heavy (non-hydrogen) atoms. The molecule has 1 aromatic carbocycles. The maximum Gasteiger partial charge on any atom is 0.326 e. The number of hydrogen-bond acceptors (Lipinski definition) is 4. The smallest absolute Gasteiger partial charge is 0.326 e. The van der Waals surface area contributed by atoms with Gasteiger partial charge in [-0.3, -0.25) is 9.59 Å². The van der Waals surface area contributed by atoms with E-state index in [1.807, 2.05) is 6.92 Å². The Morgan fingerprint density at radius 3 is 2.52 bits per heavy atom. The number of carbonyl (C=O) groups excluding carboxylic acids is 2. The topological polar surface area (TPSA) is 127 Å². The quantitative estimate of drug-likeness (QED) is 0.666. The van der Waals surface area contributed by atoms with Crippen LogP contribution in [-0.4, -0.2) is 38.7 Å². The summed E-state index contributed by atoms with van der Waals surface area (Å²) in [5.74, 6) is -2.52. The minimum atomic E-state index is -1.11. The largest absolute Gasteiger partial charge is 0.480 e. The lowest BCUT2D eigenvalue weighted by Crippen LogP contribution is -2.40. The SMILES string of the molecule is CCCC[C@H](NC(=O)c1cc(C(N)=O)n(-c2ccccc2)n1)C(=O)O. The average Bonchev–Trinajstić information content (AvgIpc) is 3.04. The van der Waals surface area contributed by atoms with Gasteiger partial charge < -0.3 is 16.2 Å². The monoisotopic (exact) mass is 344 g/mol. The highest BCUT2D eigenvalue weighted by atomic mass is 16.4. The Bertz CT molecular complexity index is 770. The van der Waals surface area contributed by atoms with Crippen molar-refractivity contribution >= 4 is 17.8 Å². The van der Waals surface area contributed by atoms with Crippen LogP contribution in [0.4, 0.5) is 0 Å². The van der Waals surface area contributed by atoms with E-state index in [0.29, 0.717) is 18.5 Å². The zero-order chi connectivity index (χ0) is 18.4. The molecule has 1 atom stereocenters. The van der Waals surface area contributed by atoms with E-state index in [2.05, 4.69) is 10.4 Å². The molecule has 0 saturated carbocycles. The van der Waals surface area contributed by atoms with Crippen LogP contribution < -0.4 is 11.1 Å². The number of nitrogens with one attached hydrogen (secondary N) is 1. The summed E-state index contributed by atoms with van der Waals surface area (Å²) in [6.45, 7) is 1.93. The number of unbranched alkanes of at least 4 members (excludes halogenated alkanes) is 1. The van der Waals surface area contributed by atoms with Gasteiger partial charge in [-0.15, -0.1) is 0 Å². The maximum atomic E-state index is 12.3. The number of hydrogen-bond donors (Lipinski definition) is 3. The highest BCUT2D eigenvalue weighted by Gasteiger charge is 2.23. The molecule has 2 aromatic rings. The third-order valence-electron chi connectivity index (χ3n) is 3.64. The number of carboxylic acids is 1. The number of benzene rings is 1. The van der Waals surface area contributed by atoms with Gasteiger partial charge in [0.15, 0.2) is 5.69 Å². The second-order valence-corrected chi connectivity index (χ2v) is 5.53. The molecule has 1 aromatic heterocycles. The molecule has 132 valence electrons. The number of nitrogens with two attached hydrogens (primary N) is 1. The molecule has 0 aliphatic carbocycles. The van der Waals surface area contributed by atoms with Crippen LogP contribution >= 0.6 is 0 Å². The van der Waals surface area contributed by atoms with Crippen LogP contribution in [0.1, 0.15) is 47.2 Å². The number of nitrogens with zero attached hydrogens (tertiary/aromatic N) is 2. The third kappa shape index (κ3) is 4.43. The minimum absolute atomic E-state index is 0.0387. The second-order valence-electron chi connectivity index (χ2n) is 5.53. The molecule has 0 fully saturated rings. The fourth-order valence-electron chi connectivity index (χ4n) is 2.33. The van der Waals surface area contributed by atoms with Crippen LogP contribution in [0.2, 0.25) is 0 Å². The number of carbonyl (C=O) groups is 3. The highest BCUT2D eigenvalue weighted by Crippen LogP contribution is 2.13. The summed E-state index contributed by atoms with van der Waals surface area (Å²) in [6, 6.07) is 8.98. The standard InChI is InChI=1S/C17H20N4O4/c1-2-3-9-12(17(24)25)19-16(23)13-10-14(15(18)22)21(20-13)11-7-5-4-6-8-11/h4-8,10,12H,2-3,9H2,1H3,(H2,18,22)(H,19,23)(H,24,25)/t12-/m0/s1. The molecule has 0 bridgehead atoms. The van der Waals surface area contributed by atoms with Crippen LogP contribution in [0.5, 0.6) is 0 Å². The van der Waals surface area contributed by atoms with Crippen molar-refractivity contribution in [1.82, 2.24) is 15.1 Å². The van der Waals surface area contributed by atoms with Crippen molar-refractivity contribution < 1.29 is 19.5 Å². The van der Waals surface area contributed by atoms with Crippen molar-refractivity contribution in [3.63, 3.8) is 0 Å². The molecule has 0 saturated heterocycles. The van der Waals surface area contributed by atoms with Gasteiger partial charge >= 0.3 is 5.97 Å². The molecule has 2 amide bonds. The predicted molar refractivity (Wildman–Crippen MR) is 90.5 cm³/mol. The molecule has 0 spiro atoms. The lowest BCUT2D eigenvalue weighted by atomic mass is 10.1. The van der Waals surface area contributed by atoms with Crippen molar-refractivity contribution in [2.45, 2.75) is 32.2 Å². The molecule has 2 rings (SSSR count). The number of aromatic nitrogens is 2. The van der Waals surface area contributed by atoms with Crippen LogP contribution in [0.25, 0.3) is 5.69 Å². The normalized spacial score (nSPS) is 11.7. The van der Waals surface area contributed by atoms with Gasteiger partial charge in [0.1, 0.15) is 11.7 Å². The Kier molecular flexibility index (Phi) is 5.89. The summed E-state index contributed by atoms with van der Waals surface area (Å²) in [5.41, 5.74) is 5.89. The first-order chi connectivity index (χ1) is 11.9. The molecule has 0 aliphatic heterocycles. The number of amides is 2. The van der Waals surface area contributed by atoms with Crippen molar-refractivity contribution in [2.75, 3.05) is 0 Å². The summed E-state index contributed by atoms with van der Waals surface area (Å²) < 4.78 is 1.26. The van der Waals surface area contributed by atoms with Crippen molar-refractivity contribution in [1.29, 1.82) is 0 Å². The molecule has 8 nitrogen and oxygen atoms in total. The fourth-order valence-corrected chi connectivity index (χ4v) is 2.33. The van der Waals surface area contributed by atoms with Gasteiger partial charge in [-0.1, -0.05) is 38.0 Å². The molecular formula is C17H20N4O4. The Hall–Kier alpha value is -3.16. The lowest BCUT2D eigenvalue weighted by molar-refractivity contribution is -0.139. The molecule has 1 heterocycles. The van der Waals surface area contributed by atoms with Crippen LogP contribution in [0.15, 0.2) is 36.4 Å². The van der Waals surface area contributed by atoms with Gasteiger partial charge in [0.25, 0.3) is 11.8 Å². The zero-order valence-corrected chi connectivity index (χ0v) is 13.8. The van der Waals surface area contributed by atoms with E-state index in [1.165, 1.54) is 10.7 Å². The summed E-state index contributed by atoms with van der Waals surface area (Å²) >= 11 is 0. The van der Waals surface area contributed by atoms with Gasteiger partial charge in [0.2, 0.25) is 0 Å². The van der Waals surface area contributed by atoms with E-state index >= 15 is 0 Å². The number of aliphatic carboxylic acids is 1. The van der Waals surface area contributed by atoms with Crippen LogP contribution in [0.3, 0.4) is 0 Å². The van der Waals surface area contributed by atoms with E-state index in [-0.39, 0.29) is 11.4 Å². The van der Waals surface area contributed by atoms with E-state index in [0.717, 1.165) is 6.42 Å². The lowest BCUT2D eigenvalue weighted by Gasteiger charge is -2.12. The summed E-state index contributed by atoms with van der Waals surface area (Å²) in [4.78, 5) is 35.2. The minimum Gasteiger partial charge on any atom is -0.480 e. The average molecular weight is 344 g/mol. The van der Waals surface area contributed by atoms with E-state index in [4.69, 9.17) is 5.73 Å². The van der Waals surface area contributed by atoms with Gasteiger partial charge in [0, 0.05) is 6.07 Å². The van der Waals surface area contributed by atoms with E-state index < -0.39 is 23.8 Å². The summed E-state index contributed by atoms with van der Waals surface area (Å²) in [6.07, 6.45) is 1.80. The molecule has 0 unspecified atom stereocenters. The summed E-state index contributed by atoms with van der Waals surface area (Å²) in [5, 5.41) is 15.7. The van der Waals surface area contributed by atoms with Gasteiger partial charge in [-0.05, 0) is 18.6 Å². The second kappa shape index (κ2) is 8.09. The van der Waals surface area contributed by atoms with Crippen molar-refractivity contribution in [3.05, 3.63) is 47.8 Å². The Morgan fingerprint density at radius 2 is 1.96 bits per heavy atom. The van der Waals surface area contributed by atoms with Crippen molar-refractivity contribution in [3.8, 4) is 5.69 Å². The van der Waals surface area contributed by atoms with Crippen molar-refractivity contribution in [2.24, 2.45) is 5.73 Å². The van der Waals surface area contributed by atoms with E-state index in [9.17, 15) is 19.5 Å². The van der Waals surface area contributed by atoms with Gasteiger partial charge in [0.05, 0.1) is 5.69 Å². The van der Waals surface area contributed by atoms with E-state index in [1.54, 1.807) is 30.3 Å². The molecule has 0 radical (unpaired) electrons. The molecule has 8 heteroatoms. The third-order valence-corrected chi connectivity index (χ3v) is 3.64. The Morgan fingerprint density at radius 1 is 1.28 bits per heavy atom. The van der Waals surface area contributed by atoms with Crippen LogP contribution in [0, 0.1) is 0 Å². The Balaban J connectivity index is 2.28. The Labute approximate surface area is 144 Å². The maximum absolute atomic E-state index is 12.3. The first-order valence-corrected chi connectivity index (χ1v) is 7.93. The van der Waals surface area contributed by atoms with Gasteiger partial charge in [-0.25, -0.2) is 9.48 Å². The summed E-state index contributed by atoms with van der Waals surface area (Å²) in [7, 11) is 0. The number of primary amides is 1. The number of para-hydroxylation sites is 1. The van der Waals surface area contributed by atoms with Crippen LogP contribution in [-0.2, 0) is 4.79 Å². The predicted octanol–water partition coefficient (Wildman–Crippen LogP) is 1.34. The molecular weight excluding hydrogens is 324 g/mol. The fraction of sp³-hybridized carbons (Fsp3) is 0.294. The highest BCUT2D eigenvalue weighted by molar-refractivity contribution is 5.98.